The van der Waals surface area contributed by atoms with Gasteiger partial charge >= 0.3 is 156 Å². The first-order valence-corrected chi connectivity index (χ1v) is 18.5. The summed E-state index contributed by atoms with van der Waals surface area (Å²) in [6.07, 6.45) is 13.4. The van der Waals surface area contributed by atoms with E-state index in [1.807, 2.05) is 0 Å². The Balaban J connectivity index is 1.18. The van der Waals surface area contributed by atoms with E-state index in [1.165, 1.54) is 63.5 Å². The maximum absolute atomic E-state index is 6.95. The van der Waals surface area contributed by atoms with Crippen molar-refractivity contribution in [3.05, 3.63) is 0 Å². The third-order valence-corrected chi connectivity index (χ3v) is 16.8. The summed E-state index contributed by atoms with van der Waals surface area (Å²) in [4.78, 5) is 0. The molecule has 0 aromatic carbocycles. The molecule has 0 aromatic rings. The first-order chi connectivity index (χ1) is 11.8. The molecule has 4 aliphatic rings. The van der Waals surface area contributed by atoms with Crippen molar-refractivity contribution < 1.29 is 13.6 Å². The molecule has 2 saturated heterocycles. The van der Waals surface area contributed by atoms with E-state index in [-0.39, 0.29) is 0 Å². The van der Waals surface area contributed by atoms with Crippen LogP contribution in [-0.4, -0.2) is 41.1 Å². The topological polar surface area (TPSA) is 34.3 Å². The van der Waals surface area contributed by atoms with Crippen LogP contribution < -0.4 is 0 Å². The van der Waals surface area contributed by atoms with Gasteiger partial charge in [-0.25, -0.2) is 0 Å². The van der Waals surface area contributed by atoms with E-state index >= 15 is 0 Å². The van der Waals surface area contributed by atoms with Crippen molar-refractivity contribution >= 4 is 16.6 Å². The number of rotatable bonds is 8. The zero-order valence-electron chi connectivity index (χ0n) is 16.9. The second kappa shape index (κ2) is 7.04. The average molecular weight is 385 g/mol. The Morgan fingerprint density at radius 1 is 0.680 bits per heavy atom. The second-order valence-electron chi connectivity index (χ2n) is 11.1. The molecule has 0 radical (unpaired) electrons. The summed E-state index contributed by atoms with van der Waals surface area (Å²) in [6, 6.07) is 2.75. The van der Waals surface area contributed by atoms with Crippen molar-refractivity contribution in [1.29, 1.82) is 0 Å². The molecular weight excluding hydrogens is 344 g/mol. The van der Waals surface area contributed by atoms with Gasteiger partial charge in [-0.15, -0.1) is 0 Å². The molecule has 4 fully saturated rings. The van der Waals surface area contributed by atoms with Gasteiger partial charge in [-0.2, -0.15) is 0 Å². The van der Waals surface area contributed by atoms with Crippen LogP contribution >= 0.6 is 0 Å². The Hall–Kier alpha value is 0.314. The molecule has 2 aliphatic heterocycles. The Bertz CT molecular complexity index is 440. The van der Waals surface area contributed by atoms with Gasteiger partial charge in [-0.1, -0.05) is 0 Å². The molecule has 0 spiro atoms. The number of fused-ring (bicyclic) bond motifs is 2. The van der Waals surface area contributed by atoms with E-state index in [9.17, 15) is 0 Å². The molecule has 3 nitrogen and oxygen atoms in total. The molecule has 0 amide bonds. The predicted molar refractivity (Wildman–Crippen MR) is 110 cm³/mol. The molecule has 0 N–H and O–H groups in total. The molecule has 2 aliphatic carbocycles. The zero-order valence-corrected chi connectivity index (χ0v) is 19.2. The zero-order chi connectivity index (χ0) is 17.7. The number of hydrogen-bond acceptors (Lipinski definition) is 3. The van der Waals surface area contributed by atoms with Crippen molar-refractivity contribution in [3.63, 3.8) is 0 Å². The molecule has 25 heavy (non-hydrogen) atoms. The van der Waals surface area contributed by atoms with Crippen LogP contribution in [0, 0.1) is 11.8 Å². The second-order valence-corrected chi connectivity index (χ2v) is 21.5. The predicted octanol–water partition coefficient (Wildman–Crippen LogP) is 4.79. The van der Waals surface area contributed by atoms with Crippen LogP contribution in [0.3, 0.4) is 0 Å². The molecular formula is C20H40O3Si2-2. The summed E-state index contributed by atoms with van der Waals surface area (Å²) in [5, 5.41) is 0. The van der Waals surface area contributed by atoms with Crippen LogP contribution in [0.5, 0.6) is 0 Å². The van der Waals surface area contributed by atoms with Gasteiger partial charge in [-0.05, 0) is 0 Å². The number of hydrogen-bond donors (Lipinski definition) is 0. The third kappa shape index (κ3) is 5.19. The van der Waals surface area contributed by atoms with Gasteiger partial charge < -0.3 is 0 Å². The molecule has 2 saturated carbocycles. The molecule has 6 atom stereocenters. The monoisotopic (exact) mass is 384 g/mol. The van der Waals surface area contributed by atoms with Crippen LogP contribution in [0.1, 0.15) is 51.4 Å². The first kappa shape index (κ1) is 18.7. The van der Waals surface area contributed by atoms with Gasteiger partial charge in [0, 0.05) is 0 Å². The fraction of sp³-hybridized carbons (Fsp3) is 1.00. The van der Waals surface area contributed by atoms with Gasteiger partial charge in [0.05, 0.1) is 0 Å². The average Bonchev–Trinajstić information content (AvgIpc) is 3.42. The number of ether oxygens (including phenoxy) is 2. The van der Waals surface area contributed by atoms with Crippen molar-refractivity contribution in [2.45, 2.75) is 114 Å². The van der Waals surface area contributed by atoms with E-state index in [1.54, 1.807) is 0 Å². The fourth-order valence-corrected chi connectivity index (χ4v) is 17.5. The minimum absolute atomic E-state index is 0.631. The van der Waals surface area contributed by atoms with E-state index in [2.05, 4.69) is 26.2 Å². The molecule has 0 aromatic heterocycles. The Morgan fingerprint density at radius 2 is 1.12 bits per heavy atom. The van der Waals surface area contributed by atoms with E-state index < -0.39 is 16.6 Å². The van der Waals surface area contributed by atoms with E-state index in [0.717, 1.165) is 11.8 Å². The van der Waals surface area contributed by atoms with Crippen molar-refractivity contribution in [1.82, 2.24) is 0 Å². The Labute approximate surface area is 156 Å². The van der Waals surface area contributed by atoms with Crippen LogP contribution in [0.15, 0.2) is 0 Å². The summed E-state index contributed by atoms with van der Waals surface area (Å²) < 4.78 is 18.4. The fourth-order valence-electron chi connectivity index (χ4n) is 5.91. The van der Waals surface area contributed by atoms with Gasteiger partial charge in [0.15, 0.2) is 0 Å². The van der Waals surface area contributed by atoms with Gasteiger partial charge in [0.25, 0.3) is 0 Å². The summed E-state index contributed by atoms with van der Waals surface area (Å²) in [6.45, 7) is 9.99. The van der Waals surface area contributed by atoms with Crippen LogP contribution in [0.2, 0.25) is 38.3 Å². The van der Waals surface area contributed by atoms with Gasteiger partial charge in [-0.3, -0.25) is 0 Å². The maximum atomic E-state index is 6.95. The Kier molecular flexibility index (Phi) is 5.26. The molecule has 2 heterocycles. The van der Waals surface area contributed by atoms with Crippen molar-refractivity contribution in [2.24, 2.45) is 11.8 Å². The standard InChI is InChI=1S/C20H40O3Si2/c1-24(2,11-9-15-5-7-17-19(13-15)21-17)23-25(3,4)12-10-16-6-8-18-20(14-16)22-18/h15-20,24-25H,5-14H2,1-4H3/q-2. The molecule has 148 valence electrons. The quantitative estimate of drug-likeness (QED) is 0.445. The molecule has 6 unspecified atom stereocenters. The SMILES string of the molecule is C[SiH-](C)(CCC1CCC2OC2C1)O[SiH-](C)(C)CCC1CCC2OC2C1. The summed E-state index contributed by atoms with van der Waals surface area (Å²) in [5.74, 6) is 1.82. The molecule has 5 heteroatoms. The summed E-state index contributed by atoms with van der Waals surface area (Å²) in [5.41, 5.74) is 0. The van der Waals surface area contributed by atoms with Crippen LogP contribution in [-0.2, 0) is 13.6 Å². The third-order valence-electron chi connectivity index (χ3n) is 7.50. The molecule has 0 bridgehead atoms. The van der Waals surface area contributed by atoms with Gasteiger partial charge in [0.2, 0.25) is 0 Å². The van der Waals surface area contributed by atoms with Gasteiger partial charge in [0.1, 0.15) is 0 Å². The van der Waals surface area contributed by atoms with Crippen LogP contribution in [0.25, 0.3) is 0 Å². The summed E-state index contributed by atoms with van der Waals surface area (Å²) in [7, 11) is -3.65. The van der Waals surface area contributed by atoms with Crippen LogP contribution in [0.4, 0.5) is 0 Å². The minimum atomic E-state index is -1.83. The van der Waals surface area contributed by atoms with E-state index in [4.69, 9.17) is 13.6 Å². The Morgan fingerprint density at radius 3 is 1.52 bits per heavy atom. The molecule has 4 rings (SSSR count). The van der Waals surface area contributed by atoms with Crippen molar-refractivity contribution in [3.8, 4) is 0 Å². The first-order valence-electron chi connectivity index (χ1n) is 11.3. The van der Waals surface area contributed by atoms with E-state index in [0.29, 0.717) is 24.4 Å². The summed E-state index contributed by atoms with van der Waals surface area (Å²) >= 11 is 0. The normalized spacial score (nSPS) is 41.6. The number of epoxide rings is 2. The van der Waals surface area contributed by atoms with Crippen molar-refractivity contribution in [2.75, 3.05) is 0 Å².